The molecule has 5 unspecified atom stereocenters. The third-order valence-corrected chi connectivity index (χ3v) is 10.2. The van der Waals surface area contributed by atoms with Crippen molar-refractivity contribution in [2.45, 2.75) is 91.8 Å². The summed E-state index contributed by atoms with van der Waals surface area (Å²) < 4.78 is 6.08. The molecule has 9 atom stereocenters. The van der Waals surface area contributed by atoms with E-state index in [0.29, 0.717) is 35.0 Å². The van der Waals surface area contributed by atoms with Crippen molar-refractivity contribution in [3.63, 3.8) is 0 Å². The van der Waals surface area contributed by atoms with Crippen molar-refractivity contribution in [3.05, 3.63) is 36.0 Å². The highest BCUT2D eigenvalue weighted by Gasteiger charge is 2.66. The summed E-state index contributed by atoms with van der Waals surface area (Å²) in [6, 6.07) is 0. The average Bonchev–Trinajstić information content (AvgIpc) is 3.24. The number of fused-ring (bicyclic) bond motifs is 2. The Morgan fingerprint density at radius 2 is 1.90 bits per heavy atom. The number of rotatable bonds is 7. The van der Waals surface area contributed by atoms with Crippen molar-refractivity contribution >= 4 is 0 Å². The predicted molar refractivity (Wildman–Crippen MR) is 130 cm³/mol. The Hall–Kier alpha value is -0.860. The van der Waals surface area contributed by atoms with Gasteiger partial charge in [-0.15, -0.1) is 0 Å². The lowest BCUT2D eigenvalue weighted by atomic mass is 9.61. The molecule has 174 valence electrons. The summed E-state index contributed by atoms with van der Waals surface area (Å²) in [7, 11) is 1.85. The lowest BCUT2D eigenvalue weighted by molar-refractivity contribution is 0.0797. The van der Waals surface area contributed by atoms with Crippen LogP contribution in [-0.4, -0.2) is 24.4 Å². The van der Waals surface area contributed by atoms with E-state index in [1.54, 1.807) is 5.57 Å². The van der Waals surface area contributed by atoms with Crippen LogP contribution < -0.4 is 0 Å². The van der Waals surface area contributed by atoms with E-state index in [0.717, 1.165) is 24.3 Å². The molecule has 31 heavy (non-hydrogen) atoms. The summed E-state index contributed by atoms with van der Waals surface area (Å²) in [5, 5.41) is 10.3. The van der Waals surface area contributed by atoms with Gasteiger partial charge in [-0.2, -0.15) is 0 Å². The standard InChI is InChI=1S/C29H46O2/c1-18(2)19(3)10-11-20(4)24-12-13-25-22(9-8-14-28(24,25)6)15-27(31-7)29-17-23(29)16-26(30)21(29)5/h10-11,15,18-20,23-27,30H,5,8-9,12-14,16-17H2,1-4,6-7H3/b11-10+,22-15+/t19-,20+,23?,24?,25?,26-,27?,28+,29?/m0/s1. The monoisotopic (exact) mass is 426 g/mol. The Morgan fingerprint density at radius 1 is 1.16 bits per heavy atom. The summed E-state index contributed by atoms with van der Waals surface area (Å²) >= 11 is 0. The third-order valence-electron chi connectivity index (χ3n) is 10.2. The van der Waals surface area contributed by atoms with Crippen LogP contribution in [0.25, 0.3) is 0 Å². The number of methoxy groups -OCH3 is 1. The smallest absolute Gasteiger partial charge is 0.0851 e. The van der Waals surface area contributed by atoms with Crippen LogP contribution in [0.5, 0.6) is 0 Å². The zero-order chi connectivity index (χ0) is 22.6. The van der Waals surface area contributed by atoms with E-state index in [1.165, 1.54) is 32.1 Å². The minimum atomic E-state index is -0.330. The van der Waals surface area contributed by atoms with E-state index in [4.69, 9.17) is 4.74 Å². The van der Waals surface area contributed by atoms with Crippen LogP contribution in [0, 0.1) is 46.3 Å². The Labute approximate surface area is 191 Å². The minimum absolute atomic E-state index is 0.00995. The lowest BCUT2D eigenvalue weighted by Gasteiger charge is -2.44. The van der Waals surface area contributed by atoms with Gasteiger partial charge in [0.25, 0.3) is 0 Å². The van der Waals surface area contributed by atoms with Gasteiger partial charge in [0.15, 0.2) is 0 Å². The summed E-state index contributed by atoms with van der Waals surface area (Å²) in [5.41, 5.74) is 3.09. The minimum Gasteiger partial charge on any atom is -0.389 e. The molecule has 4 fully saturated rings. The fourth-order valence-electron chi connectivity index (χ4n) is 7.76. The van der Waals surface area contributed by atoms with Crippen LogP contribution in [-0.2, 0) is 4.74 Å². The second-order valence-corrected chi connectivity index (χ2v) is 12.1. The summed E-state index contributed by atoms with van der Waals surface area (Å²) in [5.74, 6) is 4.03. The zero-order valence-electron chi connectivity index (χ0n) is 20.9. The van der Waals surface area contributed by atoms with Gasteiger partial charge in [0.1, 0.15) is 0 Å². The van der Waals surface area contributed by atoms with Gasteiger partial charge in [0.05, 0.1) is 12.2 Å². The fraction of sp³-hybridized carbons (Fsp3) is 0.793. The second-order valence-electron chi connectivity index (χ2n) is 12.1. The first kappa shape index (κ1) is 23.3. The molecule has 2 heteroatoms. The maximum Gasteiger partial charge on any atom is 0.0851 e. The van der Waals surface area contributed by atoms with E-state index in [9.17, 15) is 5.11 Å². The van der Waals surface area contributed by atoms with E-state index in [1.807, 2.05) is 7.11 Å². The molecule has 2 nitrogen and oxygen atoms in total. The molecule has 0 aliphatic heterocycles. The highest BCUT2D eigenvalue weighted by atomic mass is 16.5. The van der Waals surface area contributed by atoms with Gasteiger partial charge in [0, 0.05) is 12.5 Å². The molecule has 0 bridgehead atoms. The number of hydrogen-bond acceptors (Lipinski definition) is 2. The van der Waals surface area contributed by atoms with Gasteiger partial charge in [0.2, 0.25) is 0 Å². The van der Waals surface area contributed by atoms with Gasteiger partial charge in [-0.05, 0) is 91.4 Å². The zero-order valence-corrected chi connectivity index (χ0v) is 20.9. The van der Waals surface area contributed by atoms with Crippen LogP contribution in [0.2, 0.25) is 0 Å². The lowest BCUT2D eigenvalue weighted by Crippen LogP contribution is -2.36. The maximum atomic E-state index is 10.3. The van der Waals surface area contributed by atoms with Crippen molar-refractivity contribution in [1.82, 2.24) is 0 Å². The van der Waals surface area contributed by atoms with Crippen LogP contribution >= 0.6 is 0 Å². The maximum absolute atomic E-state index is 10.3. The highest BCUT2D eigenvalue weighted by molar-refractivity contribution is 5.38. The first-order chi connectivity index (χ1) is 14.6. The molecule has 0 radical (unpaired) electrons. The Bertz CT molecular complexity index is 748. The third kappa shape index (κ3) is 3.80. The molecule has 4 saturated carbocycles. The second kappa shape index (κ2) is 8.49. The molecule has 4 aliphatic carbocycles. The van der Waals surface area contributed by atoms with Gasteiger partial charge in [-0.3, -0.25) is 0 Å². The van der Waals surface area contributed by atoms with Crippen molar-refractivity contribution in [2.24, 2.45) is 46.3 Å². The van der Waals surface area contributed by atoms with Crippen LogP contribution in [0.4, 0.5) is 0 Å². The first-order valence-corrected chi connectivity index (χ1v) is 12.9. The topological polar surface area (TPSA) is 29.5 Å². The number of aliphatic hydroxyl groups is 1. The van der Waals surface area contributed by atoms with Gasteiger partial charge < -0.3 is 9.84 Å². The molecule has 0 amide bonds. The van der Waals surface area contributed by atoms with Gasteiger partial charge in [-0.1, -0.05) is 65.0 Å². The van der Waals surface area contributed by atoms with Crippen molar-refractivity contribution in [3.8, 4) is 0 Å². The quantitative estimate of drug-likeness (QED) is 0.446. The molecule has 0 spiro atoms. The van der Waals surface area contributed by atoms with Crippen molar-refractivity contribution < 1.29 is 9.84 Å². The molecule has 0 aromatic rings. The predicted octanol–water partition coefficient (Wildman–Crippen LogP) is 6.96. The van der Waals surface area contributed by atoms with E-state index in [-0.39, 0.29) is 17.6 Å². The Morgan fingerprint density at radius 3 is 2.52 bits per heavy atom. The van der Waals surface area contributed by atoms with Gasteiger partial charge >= 0.3 is 0 Å². The normalized spacial score (nSPS) is 44.0. The molecule has 1 N–H and O–H groups in total. The number of ether oxygens (including phenoxy) is 1. The summed E-state index contributed by atoms with van der Waals surface area (Å²) in [4.78, 5) is 0. The molecule has 4 rings (SSSR count). The van der Waals surface area contributed by atoms with Crippen molar-refractivity contribution in [1.29, 1.82) is 0 Å². The largest absolute Gasteiger partial charge is 0.389 e. The molecule has 0 aromatic heterocycles. The molecule has 0 heterocycles. The van der Waals surface area contributed by atoms with Gasteiger partial charge in [-0.25, -0.2) is 0 Å². The van der Waals surface area contributed by atoms with E-state index in [2.05, 4.69) is 59.4 Å². The number of allylic oxidation sites excluding steroid dienone is 3. The summed E-state index contributed by atoms with van der Waals surface area (Å²) in [6.45, 7) is 16.3. The van der Waals surface area contributed by atoms with E-state index >= 15 is 0 Å². The molecule has 0 aromatic carbocycles. The number of hydrogen-bond donors (Lipinski definition) is 1. The van der Waals surface area contributed by atoms with Crippen LogP contribution in [0.3, 0.4) is 0 Å². The molecular formula is C29H46O2. The van der Waals surface area contributed by atoms with Crippen LogP contribution in [0.15, 0.2) is 36.0 Å². The molecule has 0 saturated heterocycles. The first-order valence-electron chi connectivity index (χ1n) is 12.9. The molecule has 4 aliphatic rings. The molecular weight excluding hydrogens is 380 g/mol. The SMILES string of the molecule is C=C1[C@@H](O)CC2CC12C(/C=C1\CCC[C@@]2(C)C1CCC2[C@H](C)/C=C/[C@H](C)C(C)C)OC. The fourth-order valence-corrected chi connectivity index (χ4v) is 7.76. The Kier molecular flexibility index (Phi) is 6.38. The summed E-state index contributed by atoms with van der Waals surface area (Å²) in [6.07, 6.45) is 15.8. The highest BCUT2D eigenvalue weighted by Crippen LogP contribution is 2.69. The van der Waals surface area contributed by atoms with Crippen molar-refractivity contribution in [2.75, 3.05) is 7.11 Å². The Balaban J connectivity index is 1.53. The van der Waals surface area contributed by atoms with Crippen LogP contribution in [0.1, 0.15) is 79.6 Å². The van der Waals surface area contributed by atoms with E-state index < -0.39 is 0 Å². The number of aliphatic hydroxyl groups excluding tert-OH is 1. The average molecular weight is 427 g/mol.